The largest absolute Gasteiger partial charge is 0.380 e. The van der Waals surface area contributed by atoms with Crippen LogP contribution in [0.5, 0.6) is 0 Å². The number of ether oxygens (including phenoxy) is 1. The second kappa shape index (κ2) is 2.71. The molecule has 0 spiro atoms. The number of hydrogen-bond donors (Lipinski definition) is 1. The van der Waals surface area contributed by atoms with Gasteiger partial charge in [0.2, 0.25) is 0 Å². The highest BCUT2D eigenvalue weighted by Gasteiger charge is 2.61. The van der Waals surface area contributed by atoms with Gasteiger partial charge in [0.25, 0.3) is 0 Å². The van der Waals surface area contributed by atoms with Crippen molar-refractivity contribution in [3.63, 3.8) is 0 Å². The van der Waals surface area contributed by atoms with Crippen LogP contribution in [-0.4, -0.2) is 19.8 Å². The highest BCUT2D eigenvalue weighted by atomic mass is 16.5. The van der Waals surface area contributed by atoms with Crippen molar-refractivity contribution in [2.75, 3.05) is 19.8 Å². The molecule has 0 aromatic heterocycles. The van der Waals surface area contributed by atoms with Crippen LogP contribution in [0.4, 0.5) is 0 Å². The van der Waals surface area contributed by atoms with Gasteiger partial charge in [-0.3, -0.25) is 0 Å². The minimum atomic E-state index is 0.483. The lowest BCUT2D eigenvalue weighted by atomic mass is 9.68. The van der Waals surface area contributed by atoms with E-state index in [-0.39, 0.29) is 0 Å². The Labute approximate surface area is 74.5 Å². The maximum atomic E-state index is 5.84. The zero-order valence-electron chi connectivity index (χ0n) is 7.94. The lowest BCUT2D eigenvalue weighted by Gasteiger charge is -2.48. The molecule has 2 fully saturated rings. The average Bonchev–Trinajstić information content (AvgIpc) is 2.77. The topological polar surface area (TPSA) is 35.2 Å². The maximum Gasteiger partial charge on any atom is 0.0550 e. The predicted molar refractivity (Wildman–Crippen MR) is 48.9 cm³/mol. The fourth-order valence-corrected chi connectivity index (χ4v) is 2.64. The van der Waals surface area contributed by atoms with E-state index in [1.165, 1.54) is 25.7 Å². The van der Waals surface area contributed by atoms with Gasteiger partial charge in [0, 0.05) is 5.41 Å². The molecule has 0 aromatic rings. The summed E-state index contributed by atoms with van der Waals surface area (Å²) in [4.78, 5) is 0. The monoisotopic (exact) mass is 169 g/mol. The van der Waals surface area contributed by atoms with Gasteiger partial charge < -0.3 is 10.5 Å². The normalized spacial score (nSPS) is 29.5. The highest BCUT2D eigenvalue weighted by molar-refractivity contribution is 5.10. The summed E-state index contributed by atoms with van der Waals surface area (Å²) < 4.78 is 5.36. The number of rotatable bonds is 4. The molecule has 2 N–H and O–H groups in total. The second-order valence-corrected chi connectivity index (χ2v) is 4.51. The minimum absolute atomic E-state index is 0.483. The van der Waals surface area contributed by atoms with Gasteiger partial charge in [0.15, 0.2) is 0 Å². The fourth-order valence-electron chi connectivity index (χ4n) is 2.64. The molecule has 0 radical (unpaired) electrons. The zero-order valence-corrected chi connectivity index (χ0v) is 7.94. The van der Waals surface area contributed by atoms with Crippen molar-refractivity contribution in [3.8, 4) is 0 Å². The van der Waals surface area contributed by atoms with E-state index in [1.807, 2.05) is 0 Å². The summed E-state index contributed by atoms with van der Waals surface area (Å²) in [6, 6.07) is 0. The summed E-state index contributed by atoms with van der Waals surface area (Å²) in [6.07, 6.45) is 5.26. The van der Waals surface area contributed by atoms with Gasteiger partial charge in [-0.25, -0.2) is 0 Å². The van der Waals surface area contributed by atoms with Crippen molar-refractivity contribution in [1.29, 1.82) is 0 Å². The third kappa shape index (κ3) is 0.944. The average molecular weight is 169 g/mol. The van der Waals surface area contributed by atoms with Gasteiger partial charge in [-0.1, -0.05) is 13.3 Å². The molecule has 0 aromatic carbocycles. The molecular formula is C10H19NO. The SMILES string of the molecule is CCCC1(C2(CN)CC2)COC1. The van der Waals surface area contributed by atoms with E-state index >= 15 is 0 Å². The van der Waals surface area contributed by atoms with E-state index in [0.717, 1.165) is 19.8 Å². The van der Waals surface area contributed by atoms with Gasteiger partial charge in [-0.05, 0) is 31.2 Å². The van der Waals surface area contributed by atoms with Crippen molar-refractivity contribution in [3.05, 3.63) is 0 Å². The molecule has 2 aliphatic rings. The highest BCUT2D eigenvalue weighted by Crippen LogP contribution is 2.62. The molecule has 70 valence electrons. The van der Waals surface area contributed by atoms with Crippen LogP contribution < -0.4 is 5.73 Å². The van der Waals surface area contributed by atoms with Crippen molar-refractivity contribution in [2.24, 2.45) is 16.6 Å². The Morgan fingerprint density at radius 1 is 1.25 bits per heavy atom. The first-order chi connectivity index (χ1) is 5.79. The lowest BCUT2D eigenvalue weighted by Crippen LogP contribution is -2.52. The molecule has 1 heterocycles. The molecular weight excluding hydrogens is 150 g/mol. The quantitative estimate of drug-likeness (QED) is 0.693. The van der Waals surface area contributed by atoms with Gasteiger partial charge in [0.1, 0.15) is 0 Å². The van der Waals surface area contributed by atoms with Crippen LogP contribution in [0.3, 0.4) is 0 Å². The van der Waals surface area contributed by atoms with Crippen molar-refractivity contribution in [1.82, 2.24) is 0 Å². The van der Waals surface area contributed by atoms with Crippen LogP contribution in [0.25, 0.3) is 0 Å². The molecule has 0 atom stereocenters. The summed E-state index contributed by atoms with van der Waals surface area (Å²) in [5, 5.41) is 0. The summed E-state index contributed by atoms with van der Waals surface area (Å²) in [6.45, 7) is 5.07. The van der Waals surface area contributed by atoms with E-state index in [0.29, 0.717) is 10.8 Å². The Morgan fingerprint density at radius 2 is 1.92 bits per heavy atom. The molecule has 1 aliphatic heterocycles. The van der Waals surface area contributed by atoms with E-state index < -0.39 is 0 Å². The van der Waals surface area contributed by atoms with Crippen LogP contribution in [0, 0.1) is 10.8 Å². The summed E-state index contributed by atoms with van der Waals surface area (Å²) in [5.41, 5.74) is 6.81. The molecule has 12 heavy (non-hydrogen) atoms. The van der Waals surface area contributed by atoms with Crippen molar-refractivity contribution in [2.45, 2.75) is 32.6 Å². The maximum absolute atomic E-state index is 5.84. The predicted octanol–water partition coefficient (Wildman–Crippen LogP) is 1.54. The van der Waals surface area contributed by atoms with E-state index in [4.69, 9.17) is 10.5 Å². The second-order valence-electron chi connectivity index (χ2n) is 4.51. The Hall–Kier alpha value is -0.0800. The van der Waals surface area contributed by atoms with Crippen LogP contribution in [0.2, 0.25) is 0 Å². The Kier molecular flexibility index (Phi) is 1.92. The summed E-state index contributed by atoms with van der Waals surface area (Å²) >= 11 is 0. The molecule has 2 heteroatoms. The smallest absolute Gasteiger partial charge is 0.0550 e. The Bertz CT molecular complexity index is 171. The Balaban J connectivity index is 2.06. The third-order valence-corrected chi connectivity index (χ3v) is 3.85. The molecule has 2 nitrogen and oxygen atoms in total. The lowest BCUT2D eigenvalue weighted by molar-refractivity contribution is -0.157. The van der Waals surface area contributed by atoms with E-state index in [2.05, 4.69) is 6.92 Å². The van der Waals surface area contributed by atoms with Crippen LogP contribution in [0.1, 0.15) is 32.6 Å². The number of nitrogens with two attached hydrogens (primary N) is 1. The molecule has 1 aliphatic carbocycles. The van der Waals surface area contributed by atoms with E-state index in [9.17, 15) is 0 Å². The first kappa shape index (κ1) is 8.52. The standard InChI is InChI=1S/C10H19NO/c1-2-3-10(7-12-8-10)9(6-11)4-5-9/h2-8,11H2,1H3. The number of hydrogen-bond acceptors (Lipinski definition) is 2. The molecule has 1 saturated heterocycles. The van der Waals surface area contributed by atoms with Crippen LogP contribution in [-0.2, 0) is 4.74 Å². The first-order valence-corrected chi connectivity index (χ1v) is 5.06. The van der Waals surface area contributed by atoms with Crippen LogP contribution >= 0.6 is 0 Å². The summed E-state index contributed by atoms with van der Waals surface area (Å²) in [7, 11) is 0. The summed E-state index contributed by atoms with van der Waals surface area (Å²) in [5.74, 6) is 0. The van der Waals surface area contributed by atoms with E-state index in [1.54, 1.807) is 0 Å². The van der Waals surface area contributed by atoms with Crippen molar-refractivity contribution < 1.29 is 4.74 Å². The fraction of sp³-hybridized carbons (Fsp3) is 1.00. The molecule has 0 unspecified atom stereocenters. The first-order valence-electron chi connectivity index (χ1n) is 5.06. The van der Waals surface area contributed by atoms with Gasteiger partial charge >= 0.3 is 0 Å². The third-order valence-electron chi connectivity index (χ3n) is 3.85. The van der Waals surface area contributed by atoms with Gasteiger partial charge in [-0.15, -0.1) is 0 Å². The molecule has 2 rings (SSSR count). The minimum Gasteiger partial charge on any atom is -0.380 e. The Morgan fingerprint density at radius 3 is 2.17 bits per heavy atom. The van der Waals surface area contributed by atoms with Crippen LogP contribution in [0.15, 0.2) is 0 Å². The molecule has 0 amide bonds. The molecule has 1 saturated carbocycles. The van der Waals surface area contributed by atoms with Gasteiger partial charge in [0.05, 0.1) is 13.2 Å². The zero-order chi connectivity index (χ0) is 8.66. The van der Waals surface area contributed by atoms with Gasteiger partial charge in [-0.2, -0.15) is 0 Å². The molecule has 0 bridgehead atoms. The van der Waals surface area contributed by atoms with Crippen molar-refractivity contribution >= 4 is 0 Å².